The first-order valence-electron chi connectivity index (χ1n) is 7.25. The van der Waals surface area contributed by atoms with Crippen molar-refractivity contribution in [3.8, 4) is 11.4 Å². The molecule has 5 nitrogen and oxygen atoms in total. The van der Waals surface area contributed by atoms with Crippen LogP contribution in [0.1, 0.15) is 51.8 Å². The summed E-state index contributed by atoms with van der Waals surface area (Å²) >= 11 is 5.13. The highest BCUT2D eigenvalue weighted by Crippen LogP contribution is 2.21. The zero-order valence-electron chi connectivity index (χ0n) is 13.2. The first kappa shape index (κ1) is 15.7. The van der Waals surface area contributed by atoms with Crippen molar-refractivity contribution in [3.63, 3.8) is 0 Å². The summed E-state index contributed by atoms with van der Waals surface area (Å²) in [6, 6.07) is 4.02. The molecule has 0 aliphatic rings. The van der Waals surface area contributed by atoms with Crippen LogP contribution in [-0.2, 0) is 7.05 Å². The summed E-state index contributed by atoms with van der Waals surface area (Å²) in [6.07, 6.45) is 0.905. The van der Waals surface area contributed by atoms with E-state index < -0.39 is 0 Å². The molecule has 0 aliphatic carbocycles. The lowest BCUT2D eigenvalue weighted by Gasteiger charge is -2.21. The summed E-state index contributed by atoms with van der Waals surface area (Å²) in [7, 11) is 1.81. The summed E-state index contributed by atoms with van der Waals surface area (Å²) in [4.78, 5) is 12.9. The Balaban J connectivity index is 2.74. The normalized spacial score (nSPS) is 12.9. The van der Waals surface area contributed by atoms with E-state index in [0.717, 1.165) is 12.1 Å². The Hall–Kier alpha value is -1.69. The van der Waals surface area contributed by atoms with Crippen molar-refractivity contribution in [1.82, 2.24) is 19.3 Å². The van der Waals surface area contributed by atoms with Crippen LogP contribution in [0.5, 0.6) is 0 Å². The monoisotopic (exact) mass is 306 g/mol. The highest BCUT2D eigenvalue weighted by Gasteiger charge is 2.18. The van der Waals surface area contributed by atoms with E-state index in [4.69, 9.17) is 12.2 Å². The maximum Gasteiger partial charge on any atom is 0.262 e. The molecular formula is C15H22N4OS. The standard InChI is InChI=1S/C15H22N4OS/c1-6-10(4)19-12(9(2)3)8-7-11(14(19)20)13-16-17-15(21)18(13)5/h7-10H,6H2,1-5H3,(H,17,21). The Bertz CT molecular complexity index is 754. The predicted molar refractivity (Wildman–Crippen MR) is 87.2 cm³/mol. The molecular weight excluding hydrogens is 284 g/mol. The third-order valence-electron chi connectivity index (χ3n) is 3.89. The molecule has 0 saturated heterocycles. The number of aromatic amines is 1. The molecule has 21 heavy (non-hydrogen) atoms. The maximum absolute atomic E-state index is 12.9. The molecule has 2 aromatic heterocycles. The van der Waals surface area contributed by atoms with Gasteiger partial charge in [0.15, 0.2) is 10.6 Å². The van der Waals surface area contributed by atoms with Crippen molar-refractivity contribution in [2.45, 2.75) is 46.1 Å². The number of H-pyrrole nitrogens is 1. The molecule has 0 fully saturated rings. The Morgan fingerprint density at radius 2 is 2.00 bits per heavy atom. The molecule has 2 heterocycles. The van der Waals surface area contributed by atoms with Crippen LogP contribution in [0.15, 0.2) is 16.9 Å². The fourth-order valence-corrected chi connectivity index (χ4v) is 2.57. The van der Waals surface area contributed by atoms with E-state index >= 15 is 0 Å². The number of nitrogens with zero attached hydrogens (tertiary/aromatic N) is 3. The Kier molecular flexibility index (Phi) is 4.46. The average Bonchev–Trinajstić information content (AvgIpc) is 2.77. The molecule has 0 aliphatic heterocycles. The first-order chi connectivity index (χ1) is 9.88. The lowest BCUT2D eigenvalue weighted by Crippen LogP contribution is -2.28. The Morgan fingerprint density at radius 1 is 1.33 bits per heavy atom. The van der Waals surface area contributed by atoms with Gasteiger partial charge in [0.1, 0.15) is 0 Å². The predicted octanol–water partition coefficient (Wildman–Crippen LogP) is 3.40. The van der Waals surface area contributed by atoms with Crippen LogP contribution in [0, 0.1) is 4.77 Å². The van der Waals surface area contributed by atoms with Crippen LogP contribution in [0.4, 0.5) is 0 Å². The molecule has 0 spiro atoms. The van der Waals surface area contributed by atoms with Crippen LogP contribution < -0.4 is 5.56 Å². The van der Waals surface area contributed by atoms with Crippen LogP contribution in [-0.4, -0.2) is 19.3 Å². The molecule has 114 valence electrons. The molecule has 2 rings (SSSR count). The van der Waals surface area contributed by atoms with Gasteiger partial charge in [-0.1, -0.05) is 20.8 Å². The molecule has 0 saturated carbocycles. The zero-order valence-corrected chi connectivity index (χ0v) is 14.0. The SMILES string of the molecule is CCC(C)n1c(C(C)C)ccc(-c2n[nH]c(=S)n2C)c1=O. The lowest BCUT2D eigenvalue weighted by molar-refractivity contribution is 0.484. The third kappa shape index (κ3) is 2.72. The van der Waals surface area contributed by atoms with Crippen LogP contribution in [0.25, 0.3) is 11.4 Å². The minimum atomic E-state index is -0.00681. The quantitative estimate of drug-likeness (QED) is 0.881. The van der Waals surface area contributed by atoms with Crippen molar-refractivity contribution >= 4 is 12.2 Å². The zero-order chi connectivity index (χ0) is 15.7. The van der Waals surface area contributed by atoms with Gasteiger partial charge < -0.3 is 9.13 Å². The Morgan fingerprint density at radius 3 is 2.48 bits per heavy atom. The van der Waals surface area contributed by atoms with E-state index in [-0.39, 0.29) is 11.6 Å². The first-order valence-corrected chi connectivity index (χ1v) is 7.66. The number of hydrogen-bond donors (Lipinski definition) is 1. The topological polar surface area (TPSA) is 55.6 Å². The smallest absolute Gasteiger partial charge is 0.262 e. The molecule has 1 unspecified atom stereocenters. The van der Waals surface area contributed by atoms with E-state index in [1.165, 1.54) is 0 Å². The molecule has 0 bridgehead atoms. The van der Waals surface area contributed by atoms with Crippen LogP contribution >= 0.6 is 12.2 Å². The molecule has 0 aromatic carbocycles. The van der Waals surface area contributed by atoms with Gasteiger partial charge in [-0.3, -0.25) is 9.89 Å². The molecule has 2 aromatic rings. The minimum absolute atomic E-state index is 0.00681. The summed E-state index contributed by atoms with van der Waals surface area (Å²) in [5, 5.41) is 6.91. The van der Waals surface area contributed by atoms with Gasteiger partial charge in [0, 0.05) is 18.8 Å². The average molecular weight is 306 g/mol. The molecule has 0 amide bonds. The number of nitrogens with one attached hydrogen (secondary N) is 1. The van der Waals surface area contributed by atoms with Crippen molar-refractivity contribution in [2.75, 3.05) is 0 Å². The highest BCUT2D eigenvalue weighted by molar-refractivity contribution is 7.71. The van der Waals surface area contributed by atoms with Crippen molar-refractivity contribution in [3.05, 3.63) is 33.0 Å². The summed E-state index contributed by atoms with van der Waals surface area (Å²) in [6.45, 7) is 8.36. The molecule has 1 N–H and O–H groups in total. The van der Waals surface area contributed by atoms with Gasteiger partial charge in [0.05, 0.1) is 5.56 Å². The molecule has 0 radical (unpaired) electrons. The van der Waals surface area contributed by atoms with Gasteiger partial charge in [0.25, 0.3) is 5.56 Å². The van der Waals surface area contributed by atoms with Crippen molar-refractivity contribution in [2.24, 2.45) is 7.05 Å². The summed E-state index contributed by atoms with van der Waals surface area (Å²) < 4.78 is 4.12. The minimum Gasteiger partial charge on any atom is -0.309 e. The second-order valence-corrected chi connectivity index (χ2v) is 6.06. The number of aromatic nitrogens is 4. The largest absolute Gasteiger partial charge is 0.309 e. The van der Waals surface area contributed by atoms with E-state index in [1.807, 2.05) is 23.7 Å². The van der Waals surface area contributed by atoms with Gasteiger partial charge >= 0.3 is 0 Å². The van der Waals surface area contributed by atoms with Crippen LogP contribution in [0.2, 0.25) is 0 Å². The maximum atomic E-state index is 12.9. The Labute approximate surface area is 129 Å². The second-order valence-electron chi connectivity index (χ2n) is 5.67. The fraction of sp³-hybridized carbons (Fsp3) is 0.533. The highest BCUT2D eigenvalue weighted by atomic mass is 32.1. The van der Waals surface area contributed by atoms with Crippen molar-refractivity contribution < 1.29 is 0 Å². The van der Waals surface area contributed by atoms with Gasteiger partial charge in [-0.25, -0.2) is 0 Å². The number of pyridine rings is 1. The fourth-order valence-electron chi connectivity index (χ4n) is 2.43. The molecule has 6 heteroatoms. The van der Waals surface area contributed by atoms with E-state index in [2.05, 4.69) is 37.9 Å². The van der Waals surface area contributed by atoms with Gasteiger partial charge in [0.2, 0.25) is 0 Å². The third-order valence-corrected chi connectivity index (χ3v) is 4.26. The van der Waals surface area contributed by atoms with Gasteiger partial charge in [-0.15, -0.1) is 0 Å². The summed E-state index contributed by atoms with van der Waals surface area (Å²) in [5.41, 5.74) is 1.62. The summed E-state index contributed by atoms with van der Waals surface area (Å²) in [5.74, 6) is 0.876. The van der Waals surface area contributed by atoms with Crippen LogP contribution in [0.3, 0.4) is 0 Å². The second kappa shape index (κ2) is 5.97. The van der Waals surface area contributed by atoms with E-state index in [0.29, 0.717) is 22.1 Å². The number of rotatable bonds is 4. The molecule has 1 atom stereocenters. The van der Waals surface area contributed by atoms with Crippen molar-refractivity contribution in [1.29, 1.82) is 0 Å². The van der Waals surface area contributed by atoms with Gasteiger partial charge in [-0.05, 0) is 43.6 Å². The van der Waals surface area contributed by atoms with E-state index in [9.17, 15) is 4.79 Å². The number of hydrogen-bond acceptors (Lipinski definition) is 3. The lowest BCUT2D eigenvalue weighted by atomic mass is 10.1. The van der Waals surface area contributed by atoms with Gasteiger partial charge in [-0.2, -0.15) is 5.10 Å². The van der Waals surface area contributed by atoms with E-state index in [1.54, 1.807) is 4.57 Å².